The Morgan fingerprint density at radius 3 is 2.31 bits per heavy atom. The standard InChI is InChI=1S/C9H19N2OP/c1-9(2,12)8(13)11-5-3-7(10)4-6-11/h7,12-13H,3-6,10H2,1-2H3. The van der Waals surface area contributed by atoms with Crippen LogP contribution in [0.1, 0.15) is 26.7 Å². The molecule has 0 radical (unpaired) electrons. The SMILES string of the molecule is CC(C)(O)C(=P)N1CCC(N)CC1. The third-order valence-corrected chi connectivity index (χ3v) is 3.36. The highest BCUT2D eigenvalue weighted by Gasteiger charge is 2.26. The van der Waals surface area contributed by atoms with Gasteiger partial charge in [0, 0.05) is 24.5 Å². The molecule has 1 heterocycles. The van der Waals surface area contributed by atoms with E-state index in [9.17, 15) is 5.11 Å². The Hall–Kier alpha value is 0.0500. The van der Waals surface area contributed by atoms with Gasteiger partial charge in [0.1, 0.15) is 0 Å². The van der Waals surface area contributed by atoms with Gasteiger partial charge in [0.25, 0.3) is 0 Å². The van der Waals surface area contributed by atoms with Crippen molar-refractivity contribution in [3.8, 4) is 0 Å². The molecule has 1 aliphatic rings. The average Bonchev–Trinajstić information content (AvgIpc) is 2.03. The first-order valence-electron chi connectivity index (χ1n) is 4.73. The molecule has 1 aliphatic heterocycles. The first kappa shape index (κ1) is 11.1. The van der Waals surface area contributed by atoms with Gasteiger partial charge in [0.2, 0.25) is 0 Å². The fraction of sp³-hybridized carbons (Fsp3) is 0.889. The van der Waals surface area contributed by atoms with Crippen molar-refractivity contribution in [2.24, 2.45) is 5.73 Å². The molecule has 0 saturated carbocycles. The fourth-order valence-corrected chi connectivity index (χ4v) is 1.73. The molecule has 0 atom stereocenters. The molecule has 0 spiro atoms. The first-order chi connectivity index (χ1) is 5.91. The summed E-state index contributed by atoms with van der Waals surface area (Å²) in [5, 5.41) is 9.75. The lowest BCUT2D eigenvalue weighted by Gasteiger charge is -2.35. The minimum Gasteiger partial charge on any atom is -0.384 e. The normalized spacial score (nSPS) is 21.8. The van der Waals surface area contributed by atoms with E-state index >= 15 is 0 Å². The Kier molecular flexibility index (Phi) is 3.47. The van der Waals surface area contributed by atoms with Crippen molar-refractivity contribution in [3.63, 3.8) is 0 Å². The maximum atomic E-state index is 9.75. The molecule has 0 aromatic heterocycles. The Balaban J connectivity index is 2.50. The second-order valence-corrected chi connectivity index (χ2v) is 4.71. The Morgan fingerprint density at radius 1 is 1.46 bits per heavy atom. The van der Waals surface area contributed by atoms with Crippen LogP contribution in [-0.4, -0.2) is 40.2 Å². The summed E-state index contributed by atoms with van der Waals surface area (Å²) in [6.45, 7) is 5.43. The molecule has 0 unspecified atom stereocenters. The lowest BCUT2D eigenvalue weighted by Crippen LogP contribution is -2.49. The Bertz CT molecular complexity index is 192. The van der Waals surface area contributed by atoms with Gasteiger partial charge in [-0.3, -0.25) is 4.90 Å². The van der Waals surface area contributed by atoms with Crippen LogP contribution in [0.2, 0.25) is 0 Å². The molecular formula is C9H19N2OP. The summed E-state index contributed by atoms with van der Waals surface area (Å²) in [4.78, 5) is 2.15. The van der Waals surface area contributed by atoms with Crippen LogP contribution >= 0.6 is 8.86 Å². The fourth-order valence-electron chi connectivity index (χ4n) is 1.51. The zero-order chi connectivity index (χ0) is 10.1. The van der Waals surface area contributed by atoms with E-state index in [1.807, 2.05) is 0 Å². The molecule has 0 aromatic carbocycles. The van der Waals surface area contributed by atoms with E-state index in [1.54, 1.807) is 13.8 Å². The van der Waals surface area contributed by atoms with Gasteiger partial charge in [0.05, 0.1) is 5.60 Å². The monoisotopic (exact) mass is 202 g/mol. The highest BCUT2D eigenvalue weighted by molar-refractivity contribution is 7.21. The third-order valence-electron chi connectivity index (χ3n) is 2.44. The van der Waals surface area contributed by atoms with Gasteiger partial charge in [-0.15, -0.1) is 8.86 Å². The number of nitrogens with two attached hydrogens (primary N) is 1. The van der Waals surface area contributed by atoms with Crippen molar-refractivity contribution in [1.29, 1.82) is 0 Å². The summed E-state index contributed by atoms with van der Waals surface area (Å²) in [6, 6.07) is 0.331. The van der Waals surface area contributed by atoms with Gasteiger partial charge in [-0.05, 0) is 26.7 Å². The summed E-state index contributed by atoms with van der Waals surface area (Å²) < 4.78 is 0. The molecule has 0 aliphatic carbocycles. The summed E-state index contributed by atoms with van der Waals surface area (Å²) in [5.74, 6) is 0. The number of hydrogen-bond acceptors (Lipinski definition) is 2. The van der Waals surface area contributed by atoms with Gasteiger partial charge >= 0.3 is 0 Å². The van der Waals surface area contributed by atoms with E-state index in [1.165, 1.54) is 0 Å². The quantitative estimate of drug-likeness (QED) is 0.639. The van der Waals surface area contributed by atoms with E-state index in [2.05, 4.69) is 13.8 Å². The number of piperidine rings is 1. The number of hydrogen-bond donors (Lipinski definition) is 2. The Labute approximate surface area is 82.1 Å². The highest BCUT2D eigenvalue weighted by Crippen LogP contribution is 2.16. The van der Waals surface area contributed by atoms with E-state index < -0.39 is 5.60 Å². The molecule has 1 rings (SSSR count). The van der Waals surface area contributed by atoms with Gasteiger partial charge < -0.3 is 10.8 Å². The predicted molar refractivity (Wildman–Crippen MR) is 58.4 cm³/mol. The highest BCUT2D eigenvalue weighted by atomic mass is 31.0. The van der Waals surface area contributed by atoms with E-state index in [0.717, 1.165) is 31.3 Å². The van der Waals surface area contributed by atoms with Crippen molar-refractivity contribution in [2.45, 2.75) is 38.3 Å². The third kappa shape index (κ3) is 3.03. The second-order valence-electron chi connectivity index (χ2n) is 4.23. The van der Waals surface area contributed by atoms with Crippen LogP contribution in [0.5, 0.6) is 0 Å². The maximum Gasteiger partial charge on any atom is 0.0976 e. The number of likely N-dealkylation sites (tertiary alicyclic amines) is 1. The van der Waals surface area contributed by atoms with Crippen LogP contribution in [0.15, 0.2) is 0 Å². The van der Waals surface area contributed by atoms with Crippen molar-refractivity contribution < 1.29 is 5.11 Å². The molecule has 3 N–H and O–H groups in total. The molecular weight excluding hydrogens is 183 g/mol. The van der Waals surface area contributed by atoms with Gasteiger partial charge in [-0.1, -0.05) is 0 Å². The molecule has 13 heavy (non-hydrogen) atoms. The van der Waals surface area contributed by atoms with Gasteiger partial charge in [-0.25, -0.2) is 0 Å². The molecule has 4 heteroatoms. The zero-order valence-electron chi connectivity index (χ0n) is 8.38. The van der Waals surface area contributed by atoms with Crippen molar-refractivity contribution in [3.05, 3.63) is 0 Å². The topological polar surface area (TPSA) is 49.5 Å². The Morgan fingerprint density at radius 2 is 1.92 bits per heavy atom. The van der Waals surface area contributed by atoms with E-state index in [4.69, 9.17) is 5.73 Å². The van der Waals surface area contributed by atoms with Crippen LogP contribution in [-0.2, 0) is 0 Å². The van der Waals surface area contributed by atoms with E-state index in [0.29, 0.717) is 6.04 Å². The number of nitrogens with zero attached hydrogens (tertiary/aromatic N) is 1. The van der Waals surface area contributed by atoms with E-state index in [-0.39, 0.29) is 0 Å². The molecule has 1 saturated heterocycles. The molecule has 1 fully saturated rings. The molecule has 0 aromatic rings. The second kappa shape index (κ2) is 4.05. The average molecular weight is 202 g/mol. The smallest absolute Gasteiger partial charge is 0.0976 e. The minimum absolute atomic E-state index is 0.331. The van der Waals surface area contributed by atoms with Crippen LogP contribution in [0, 0.1) is 0 Å². The largest absolute Gasteiger partial charge is 0.384 e. The summed E-state index contributed by atoms with van der Waals surface area (Å²) in [6.07, 6.45) is 2.01. The van der Waals surface area contributed by atoms with Crippen molar-refractivity contribution >= 4 is 14.3 Å². The molecule has 0 amide bonds. The number of aliphatic hydroxyl groups is 1. The maximum absolute atomic E-state index is 9.75. The van der Waals surface area contributed by atoms with Crippen LogP contribution < -0.4 is 5.73 Å². The zero-order valence-corrected chi connectivity index (χ0v) is 9.38. The first-order valence-corrected chi connectivity index (χ1v) is 5.23. The number of rotatable bonds is 2. The molecule has 3 nitrogen and oxygen atoms in total. The summed E-state index contributed by atoms with van der Waals surface area (Å²) >= 11 is 0. The van der Waals surface area contributed by atoms with Gasteiger partial charge in [-0.2, -0.15) is 0 Å². The lowest BCUT2D eigenvalue weighted by molar-refractivity contribution is 0.135. The molecule has 0 bridgehead atoms. The van der Waals surface area contributed by atoms with Crippen LogP contribution in [0.25, 0.3) is 0 Å². The summed E-state index contributed by atoms with van der Waals surface area (Å²) in [5.41, 5.74) is 5.87. The van der Waals surface area contributed by atoms with Crippen LogP contribution in [0.4, 0.5) is 0 Å². The minimum atomic E-state index is -0.779. The molecule has 76 valence electrons. The van der Waals surface area contributed by atoms with Gasteiger partial charge in [0.15, 0.2) is 0 Å². The van der Waals surface area contributed by atoms with Crippen LogP contribution in [0.3, 0.4) is 0 Å². The summed E-state index contributed by atoms with van der Waals surface area (Å²) in [7, 11) is 3.48. The lowest BCUT2D eigenvalue weighted by atomic mass is 10.0. The predicted octanol–water partition coefficient (Wildman–Crippen LogP) is 0.453. The van der Waals surface area contributed by atoms with Crippen molar-refractivity contribution in [1.82, 2.24) is 4.90 Å². The van der Waals surface area contributed by atoms with Crippen molar-refractivity contribution in [2.75, 3.05) is 13.1 Å².